The summed E-state index contributed by atoms with van der Waals surface area (Å²) < 4.78 is 46.0. The van der Waals surface area contributed by atoms with Crippen molar-refractivity contribution in [1.82, 2.24) is 5.32 Å². The Bertz CT molecular complexity index is 211. The van der Waals surface area contributed by atoms with Crippen LogP contribution >= 0.6 is 0 Å². The van der Waals surface area contributed by atoms with Gasteiger partial charge in [-0.3, -0.25) is 0 Å². The van der Waals surface area contributed by atoms with Crippen LogP contribution in [0.1, 0.15) is 20.3 Å². The van der Waals surface area contributed by atoms with Gasteiger partial charge in [-0.2, -0.15) is 13.2 Å². The van der Waals surface area contributed by atoms with Crippen molar-refractivity contribution in [2.24, 2.45) is 0 Å². The Hall–Kier alpha value is -0.330. The second-order valence-electron chi connectivity index (χ2n) is 3.78. The van der Waals surface area contributed by atoms with Gasteiger partial charge < -0.3 is 14.8 Å². The number of nitrogens with one attached hydrogen (secondary N) is 1. The first-order chi connectivity index (χ1) is 7.48. The number of alkyl halides is 3. The average molecular weight is 241 g/mol. The lowest BCUT2D eigenvalue weighted by molar-refractivity contribution is -0.220. The molecule has 0 heterocycles. The molecule has 3 atom stereocenters. The average Bonchev–Trinajstić information content (AvgIpc) is 2.17. The molecule has 1 aliphatic rings. The maximum Gasteiger partial charge on any atom is 0.411 e. The Balaban J connectivity index is 2.32. The second kappa shape index (κ2) is 5.84. The van der Waals surface area contributed by atoms with Gasteiger partial charge in [0.25, 0.3) is 0 Å². The van der Waals surface area contributed by atoms with Crippen molar-refractivity contribution in [3.05, 3.63) is 0 Å². The monoisotopic (exact) mass is 241 g/mol. The molecular weight excluding hydrogens is 223 g/mol. The van der Waals surface area contributed by atoms with Crippen LogP contribution in [0.3, 0.4) is 0 Å². The SMILES string of the molecule is CCNC1CC(OCC(F)(F)F)C1OCC. The summed E-state index contributed by atoms with van der Waals surface area (Å²) in [6.45, 7) is 3.84. The Morgan fingerprint density at radius 3 is 2.44 bits per heavy atom. The van der Waals surface area contributed by atoms with Gasteiger partial charge in [0.2, 0.25) is 0 Å². The zero-order chi connectivity index (χ0) is 12.2. The second-order valence-corrected chi connectivity index (χ2v) is 3.78. The van der Waals surface area contributed by atoms with Gasteiger partial charge in [-0.05, 0) is 19.9 Å². The van der Waals surface area contributed by atoms with E-state index in [1.54, 1.807) is 0 Å². The molecule has 3 nitrogen and oxygen atoms in total. The highest BCUT2D eigenvalue weighted by atomic mass is 19.4. The van der Waals surface area contributed by atoms with E-state index in [4.69, 9.17) is 9.47 Å². The molecule has 1 N–H and O–H groups in total. The van der Waals surface area contributed by atoms with Crippen molar-refractivity contribution in [2.45, 2.75) is 44.7 Å². The summed E-state index contributed by atoms with van der Waals surface area (Å²) in [5.74, 6) is 0. The van der Waals surface area contributed by atoms with Gasteiger partial charge in [-0.1, -0.05) is 6.92 Å². The number of ether oxygens (including phenoxy) is 2. The fourth-order valence-electron chi connectivity index (χ4n) is 1.82. The maximum atomic E-state index is 12.0. The van der Waals surface area contributed by atoms with E-state index in [1.807, 2.05) is 13.8 Å². The van der Waals surface area contributed by atoms with E-state index >= 15 is 0 Å². The summed E-state index contributed by atoms with van der Waals surface area (Å²) in [5, 5.41) is 3.16. The van der Waals surface area contributed by atoms with Crippen LogP contribution in [0, 0.1) is 0 Å². The molecule has 3 unspecified atom stereocenters. The first-order valence-corrected chi connectivity index (χ1v) is 5.51. The predicted octanol–water partition coefficient (Wildman–Crippen LogP) is 1.72. The summed E-state index contributed by atoms with van der Waals surface area (Å²) in [4.78, 5) is 0. The molecule has 1 rings (SSSR count). The number of hydrogen-bond acceptors (Lipinski definition) is 3. The van der Waals surface area contributed by atoms with E-state index in [0.717, 1.165) is 6.54 Å². The van der Waals surface area contributed by atoms with Crippen LogP contribution in [0.2, 0.25) is 0 Å². The van der Waals surface area contributed by atoms with Gasteiger partial charge >= 0.3 is 6.18 Å². The molecule has 0 aliphatic heterocycles. The lowest BCUT2D eigenvalue weighted by Crippen LogP contribution is -2.60. The Morgan fingerprint density at radius 1 is 1.25 bits per heavy atom. The van der Waals surface area contributed by atoms with E-state index in [9.17, 15) is 13.2 Å². The van der Waals surface area contributed by atoms with Crippen LogP contribution in [0.5, 0.6) is 0 Å². The summed E-state index contributed by atoms with van der Waals surface area (Å²) in [6.07, 6.45) is -4.38. The molecule has 1 fully saturated rings. The third-order valence-electron chi connectivity index (χ3n) is 2.54. The van der Waals surface area contributed by atoms with E-state index in [2.05, 4.69) is 5.32 Å². The smallest absolute Gasteiger partial charge is 0.374 e. The topological polar surface area (TPSA) is 30.5 Å². The molecule has 96 valence electrons. The lowest BCUT2D eigenvalue weighted by Gasteiger charge is -2.44. The third-order valence-corrected chi connectivity index (χ3v) is 2.54. The Morgan fingerprint density at radius 2 is 1.94 bits per heavy atom. The number of rotatable bonds is 6. The molecule has 0 saturated heterocycles. The molecule has 0 aromatic carbocycles. The van der Waals surface area contributed by atoms with Crippen LogP contribution < -0.4 is 5.32 Å². The van der Waals surface area contributed by atoms with Crippen LogP contribution in [0.25, 0.3) is 0 Å². The Labute approximate surface area is 93.3 Å². The molecule has 0 aromatic rings. The number of likely N-dealkylation sites (N-methyl/N-ethyl adjacent to an activating group) is 1. The van der Waals surface area contributed by atoms with Gasteiger partial charge in [0, 0.05) is 12.6 Å². The van der Waals surface area contributed by atoms with E-state index in [0.29, 0.717) is 13.0 Å². The third kappa shape index (κ3) is 3.92. The molecule has 0 aromatic heterocycles. The number of halogens is 3. The van der Waals surface area contributed by atoms with Gasteiger partial charge in [0.05, 0.1) is 12.2 Å². The zero-order valence-electron chi connectivity index (χ0n) is 9.51. The fourth-order valence-corrected chi connectivity index (χ4v) is 1.82. The normalized spacial score (nSPS) is 30.2. The molecule has 1 aliphatic carbocycles. The largest absolute Gasteiger partial charge is 0.411 e. The summed E-state index contributed by atoms with van der Waals surface area (Å²) in [6, 6.07) is 0.114. The molecule has 0 amide bonds. The van der Waals surface area contributed by atoms with Crippen molar-refractivity contribution in [2.75, 3.05) is 19.8 Å². The lowest BCUT2D eigenvalue weighted by atomic mass is 9.85. The van der Waals surface area contributed by atoms with E-state index in [-0.39, 0.29) is 12.1 Å². The highest BCUT2D eigenvalue weighted by Gasteiger charge is 2.44. The molecule has 0 spiro atoms. The molecule has 0 radical (unpaired) electrons. The first-order valence-electron chi connectivity index (χ1n) is 5.51. The van der Waals surface area contributed by atoms with Crippen LogP contribution in [-0.2, 0) is 9.47 Å². The molecule has 16 heavy (non-hydrogen) atoms. The highest BCUT2D eigenvalue weighted by molar-refractivity contribution is 4.97. The van der Waals surface area contributed by atoms with Gasteiger partial charge in [0.15, 0.2) is 0 Å². The zero-order valence-corrected chi connectivity index (χ0v) is 9.51. The quantitative estimate of drug-likeness (QED) is 0.768. The van der Waals surface area contributed by atoms with Crippen molar-refractivity contribution in [3.63, 3.8) is 0 Å². The summed E-state index contributed by atoms with van der Waals surface area (Å²) in [5.41, 5.74) is 0. The molecule has 0 bridgehead atoms. The van der Waals surface area contributed by atoms with Gasteiger partial charge in [-0.25, -0.2) is 0 Å². The standard InChI is InChI=1S/C10H18F3NO2/c1-3-14-7-5-8(9(7)15-4-2)16-6-10(11,12)13/h7-9,14H,3-6H2,1-2H3. The van der Waals surface area contributed by atoms with Crippen molar-refractivity contribution in [3.8, 4) is 0 Å². The minimum atomic E-state index is -4.26. The van der Waals surface area contributed by atoms with Crippen molar-refractivity contribution in [1.29, 1.82) is 0 Å². The van der Waals surface area contributed by atoms with Gasteiger partial charge in [0.1, 0.15) is 6.61 Å². The maximum absolute atomic E-state index is 12.0. The highest BCUT2D eigenvalue weighted by Crippen LogP contribution is 2.29. The fraction of sp³-hybridized carbons (Fsp3) is 1.00. The molecule has 1 saturated carbocycles. The van der Waals surface area contributed by atoms with E-state index in [1.165, 1.54) is 0 Å². The van der Waals surface area contributed by atoms with E-state index < -0.39 is 18.9 Å². The summed E-state index contributed by atoms with van der Waals surface area (Å²) in [7, 11) is 0. The van der Waals surface area contributed by atoms with Crippen LogP contribution in [0.4, 0.5) is 13.2 Å². The van der Waals surface area contributed by atoms with Crippen LogP contribution in [-0.4, -0.2) is 44.2 Å². The molecule has 6 heteroatoms. The summed E-state index contributed by atoms with van der Waals surface area (Å²) >= 11 is 0. The minimum Gasteiger partial charge on any atom is -0.374 e. The minimum absolute atomic E-state index is 0.114. The first kappa shape index (κ1) is 13.7. The van der Waals surface area contributed by atoms with Crippen molar-refractivity contribution >= 4 is 0 Å². The molecular formula is C10H18F3NO2. The Kier molecular flexibility index (Phi) is 5.01. The van der Waals surface area contributed by atoms with Gasteiger partial charge in [-0.15, -0.1) is 0 Å². The number of hydrogen-bond donors (Lipinski definition) is 1. The van der Waals surface area contributed by atoms with Crippen molar-refractivity contribution < 1.29 is 22.6 Å². The predicted molar refractivity (Wildman–Crippen MR) is 53.3 cm³/mol. The van der Waals surface area contributed by atoms with Crippen LogP contribution in [0.15, 0.2) is 0 Å².